The van der Waals surface area contributed by atoms with E-state index in [2.05, 4.69) is 23.6 Å². The third kappa shape index (κ3) is 4.55. The maximum absolute atomic E-state index is 13.1. The first kappa shape index (κ1) is 28.0. The average molecular weight is 580 g/mol. The fraction of sp³-hybridized carbons (Fsp3) is 0.704. The summed E-state index contributed by atoms with van der Waals surface area (Å²) >= 11 is 0. The highest BCUT2D eigenvalue weighted by Crippen LogP contribution is 2.60. The van der Waals surface area contributed by atoms with Crippen molar-refractivity contribution >= 4 is 9.84 Å². The smallest absolute Gasteiger partial charge is 0.318 e. The number of fused-ring (bicyclic) bond motifs is 2. The molecule has 1 aromatic heterocycles. The molecule has 0 N–H and O–H groups in total. The largest absolute Gasteiger partial charge is 0.358 e. The Morgan fingerprint density at radius 3 is 2.70 bits per heavy atom. The Bertz CT molecular complexity index is 1320. The van der Waals surface area contributed by atoms with Crippen LogP contribution in [0.1, 0.15) is 52.1 Å². The third-order valence-corrected chi connectivity index (χ3v) is 11.0. The van der Waals surface area contributed by atoms with Crippen LogP contribution in [0.4, 0.5) is 0 Å². The predicted octanol–water partition coefficient (Wildman–Crippen LogP) is 2.80. The second-order valence-corrected chi connectivity index (χ2v) is 13.7. The molecule has 1 saturated carbocycles. The number of ether oxygens (including phenoxy) is 3. The number of nitrogens with zero attached hydrogens (tertiary/aromatic N) is 3. The molecule has 4 aliphatic heterocycles. The Balaban J connectivity index is 1.11. The predicted molar refractivity (Wildman–Crippen MR) is 136 cm³/mol. The highest BCUT2D eigenvalue weighted by molar-refractivity contribution is 7.91. The molecule has 1 aromatic carbocycles. The van der Waals surface area contributed by atoms with E-state index in [1.165, 1.54) is 12.1 Å². The van der Waals surface area contributed by atoms with E-state index in [9.17, 15) is 13.6 Å². The monoisotopic (exact) mass is 579 g/mol. The molecule has 40 heavy (non-hydrogen) atoms. The minimum atomic E-state index is -4.10. The lowest BCUT2D eigenvalue weighted by molar-refractivity contribution is -0.832. The van der Waals surface area contributed by atoms with Crippen LogP contribution in [0.5, 0.6) is 0 Å². The quantitative estimate of drug-likeness (QED) is 0.337. The SMILES string of the molecule is C[C@H]1[C@@H](OCCN(C)Cc2no[n+]([O-])c2S(=O)(=O)c2ccccc2)O[C@@H]2O[C@@]3(C)CC[C@H]4[C@H](C)CC[C@@H]1[C@@]24OO3. The number of sulfone groups is 1. The van der Waals surface area contributed by atoms with Crippen LogP contribution < -0.4 is 4.90 Å². The van der Waals surface area contributed by atoms with Gasteiger partial charge in [0.25, 0.3) is 15.5 Å². The first-order chi connectivity index (χ1) is 19.0. The van der Waals surface area contributed by atoms with Crippen LogP contribution in [0, 0.1) is 28.9 Å². The van der Waals surface area contributed by atoms with E-state index in [1.54, 1.807) is 25.2 Å². The molecule has 7 rings (SSSR count). The summed E-state index contributed by atoms with van der Waals surface area (Å²) in [5.41, 5.74) is -0.619. The second-order valence-electron chi connectivity index (χ2n) is 11.9. The van der Waals surface area contributed by atoms with E-state index in [0.717, 1.165) is 25.7 Å². The molecule has 220 valence electrons. The van der Waals surface area contributed by atoms with E-state index in [0.29, 0.717) is 19.1 Å². The molecule has 0 unspecified atom stereocenters. The molecular weight excluding hydrogens is 542 g/mol. The Kier molecular flexibility index (Phi) is 7.21. The second kappa shape index (κ2) is 10.3. The molecule has 5 fully saturated rings. The lowest BCUT2D eigenvalue weighted by Crippen LogP contribution is -2.70. The molecule has 13 heteroatoms. The van der Waals surface area contributed by atoms with E-state index >= 15 is 0 Å². The molecule has 1 aliphatic carbocycles. The Morgan fingerprint density at radius 2 is 1.93 bits per heavy atom. The van der Waals surface area contributed by atoms with Gasteiger partial charge in [0, 0.05) is 30.0 Å². The van der Waals surface area contributed by atoms with Crippen LogP contribution in [-0.4, -0.2) is 62.6 Å². The van der Waals surface area contributed by atoms with Crippen molar-refractivity contribution in [2.75, 3.05) is 20.2 Å². The molecule has 0 amide bonds. The van der Waals surface area contributed by atoms with Gasteiger partial charge in [-0.25, -0.2) is 18.2 Å². The van der Waals surface area contributed by atoms with Crippen molar-refractivity contribution in [3.63, 3.8) is 0 Å². The van der Waals surface area contributed by atoms with Crippen molar-refractivity contribution in [1.82, 2.24) is 10.1 Å². The molecule has 2 bridgehead atoms. The van der Waals surface area contributed by atoms with Gasteiger partial charge in [0.15, 0.2) is 18.2 Å². The van der Waals surface area contributed by atoms with Gasteiger partial charge in [-0.15, -0.1) is 0 Å². The minimum Gasteiger partial charge on any atom is -0.358 e. The summed E-state index contributed by atoms with van der Waals surface area (Å²) in [4.78, 5) is 13.8. The van der Waals surface area contributed by atoms with Gasteiger partial charge < -0.3 is 19.4 Å². The van der Waals surface area contributed by atoms with Gasteiger partial charge in [0.05, 0.1) is 18.0 Å². The third-order valence-electron chi connectivity index (χ3n) is 9.22. The van der Waals surface area contributed by atoms with Crippen molar-refractivity contribution in [2.45, 2.75) is 86.9 Å². The molecule has 4 saturated heterocycles. The molecular formula is C27H37N3O9S. The summed E-state index contributed by atoms with van der Waals surface area (Å²) in [6, 6.07) is 7.73. The summed E-state index contributed by atoms with van der Waals surface area (Å²) in [7, 11) is -2.31. The number of hydrogen-bond donors (Lipinski definition) is 0. The van der Waals surface area contributed by atoms with Gasteiger partial charge >= 0.3 is 5.03 Å². The van der Waals surface area contributed by atoms with Crippen molar-refractivity contribution in [3.05, 3.63) is 41.2 Å². The molecule has 1 spiro atoms. The fourth-order valence-electron chi connectivity index (χ4n) is 7.05. The summed E-state index contributed by atoms with van der Waals surface area (Å²) in [6.45, 7) is 7.11. The summed E-state index contributed by atoms with van der Waals surface area (Å²) in [5, 5.41) is 15.5. The first-order valence-corrected chi connectivity index (χ1v) is 15.4. The van der Waals surface area contributed by atoms with Crippen LogP contribution in [0.2, 0.25) is 0 Å². The lowest BCUT2D eigenvalue weighted by Gasteiger charge is -2.60. The number of likely N-dealkylation sites (N-methyl/N-ethyl adjacent to an activating group) is 1. The molecule has 5 heterocycles. The van der Waals surface area contributed by atoms with Crippen LogP contribution >= 0.6 is 0 Å². The van der Waals surface area contributed by atoms with Crippen molar-refractivity contribution in [2.24, 2.45) is 23.7 Å². The number of aromatic nitrogens is 2. The Morgan fingerprint density at radius 1 is 1.15 bits per heavy atom. The highest BCUT2D eigenvalue weighted by atomic mass is 32.2. The molecule has 12 nitrogen and oxygen atoms in total. The normalized spacial score (nSPS) is 37.3. The molecule has 5 aliphatic rings. The van der Waals surface area contributed by atoms with Gasteiger partial charge in [-0.3, -0.25) is 9.53 Å². The molecule has 8 atom stereocenters. The maximum Gasteiger partial charge on any atom is 0.318 e. The molecule has 2 aromatic rings. The van der Waals surface area contributed by atoms with Crippen molar-refractivity contribution in [1.29, 1.82) is 0 Å². The van der Waals surface area contributed by atoms with Gasteiger partial charge in [0.1, 0.15) is 0 Å². The zero-order valence-electron chi connectivity index (χ0n) is 23.2. The summed E-state index contributed by atoms with van der Waals surface area (Å²) in [6.07, 6.45) is 2.70. The van der Waals surface area contributed by atoms with Crippen LogP contribution in [0.3, 0.4) is 0 Å². The van der Waals surface area contributed by atoms with Gasteiger partial charge in [-0.1, -0.05) is 32.0 Å². The number of hydrogen-bond acceptors (Lipinski definition) is 11. The Labute approximate surface area is 233 Å². The van der Waals surface area contributed by atoms with Crippen molar-refractivity contribution in [3.8, 4) is 0 Å². The minimum absolute atomic E-state index is 0.00624. The van der Waals surface area contributed by atoms with Gasteiger partial charge in [-0.2, -0.15) is 0 Å². The first-order valence-electron chi connectivity index (χ1n) is 13.9. The van der Waals surface area contributed by atoms with E-state index in [-0.39, 0.29) is 39.8 Å². The molecule has 0 radical (unpaired) electrons. The highest BCUT2D eigenvalue weighted by Gasteiger charge is 2.69. The van der Waals surface area contributed by atoms with E-state index < -0.39 is 38.8 Å². The van der Waals surface area contributed by atoms with Crippen LogP contribution in [0.15, 0.2) is 44.9 Å². The Hall–Kier alpha value is -2.13. The number of rotatable bonds is 8. The number of benzene rings is 1. The maximum atomic E-state index is 13.1. The van der Waals surface area contributed by atoms with E-state index in [4.69, 9.17) is 24.0 Å². The lowest BCUT2D eigenvalue weighted by atomic mass is 9.58. The average Bonchev–Trinajstić information content (AvgIpc) is 3.14. The van der Waals surface area contributed by atoms with Gasteiger partial charge in [-0.05, 0) is 62.1 Å². The van der Waals surface area contributed by atoms with E-state index in [1.807, 2.05) is 11.8 Å². The standard InChI is InChI=1S/C27H37N3O9S/c1-17-10-11-21-18(2)24(35-25-27(21)20(17)12-13-26(3,36-25)37-38-27)34-15-14-29(4)16-22-23(30(31)39-28-22)40(32,33)19-8-6-5-7-9-19/h5-9,17-18,20-21,24-25H,10-16H2,1-4H3/t17-,18-,20+,21+,24+,25-,26-,27-/m1/s1. The zero-order chi connectivity index (χ0) is 28.3. The van der Waals surface area contributed by atoms with Crippen molar-refractivity contribution < 1.29 is 41.9 Å². The van der Waals surface area contributed by atoms with Gasteiger partial charge in [0.2, 0.25) is 5.79 Å². The summed E-state index contributed by atoms with van der Waals surface area (Å²) in [5.74, 6) is 0.113. The topological polar surface area (TPSA) is 136 Å². The summed E-state index contributed by atoms with van der Waals surface area (Å²) < 4.78 is 49.9. The van der Waals surface area contributed by atoms with Crippen LogP contribution in [-0.2, 0) is 40.4 Å². The van der Waals surface area contributed by atoms with Crippen LogP contribution in [0.25, 0.3) is 0 Å². The zero-order valence-corrected chi connectivity index (χ0v) is 24.0. The fourth-order valence-corrected chi connectivity index (χ4v) is 8.43.